The second-order valence-corrected chi connectivity index (χ2v) is 20.0. The first-order valence-electron chi connectivity index (χ1n) is 0.478. The first-order valence-corrected chi connectivity index (χ1v) is 11.7. The van der Waals surface area contributed by atoms with Crippen molar-refractivity contribution < 1.29 is 145 Å². The molecular formula is H2Cl6K2OPt. The molecule has 0 bridgehead atoms. The monoisotopic (exact) mass is 501 g/mol. The van der Waals surface area contributed by atoms with Crippen LogP contribution < -0.4 is 128 Å². The number of hydrogen-bond donors (Lipinski definition) is 0. The zero-order valence-corrected chi connectivity index (χ0v) is 18.1. The molecule has 0 aliphatic carbocycles. The van der Waals surface area contributed by atoms with E-state index in [1.165, 1.54) is 0 Å². The molecule has 0 aromatic carbocycles. The minimum Gasteiger partial charge on any atom is 1.00 e. The maximum Gasteiger partial charge on any atom is 1.00 e. The average molecular weight is 504 g/mol. The Hall–Kier alpha value is 5.66. The van der Waals surface area contributed by atoms with Gasteiger partial charge in [0.2, 0.25) is 0 Å². The van der Waals surface area contributed by atoms with Gasteiger partial charge < -0.3 is 30.3 Å². The van der Waals surface area contributed by atoms with Crippen LogP contribution in [0, 0.1) is 0 Å². The molecule has 0 aliphatic heterocycles. The van der Waals surface area contributed by atoms with Gasteiger partial charge in [0.15, 0.2) is 0 Å². The topological polar surface area (TPSA) is 31.5 Å². The second-order valence-electron chi connectivity index (χ2n) is 0.271. The fraction of sp³-hybridized carbons (Fsp3) is 0. The summed E-state index contributed by atoms with van der Waals surface area (Å²) < 4.78 is 0. The third-order valence-electron chi connectivity index (χ3n) is 0. The summed E-state index contributed by atoms with van der Waals surface area (Å²) in [5, 5.41) is 0. The SMILES string of the molecule is O.[Cl-].[Cl-].[Cl][Pt]([Cl])([Cl])[Cl].[K+].[K+]. The van der Waals surface area contributed by atoms with E-state index in [0.717, 1.165) is 0 Å². The van der Waals surface area contributed by atoms with Gasteiger partial charge in [-0.25, -0.2) is 0 Å². The van der Waals surface area contributed by atoms with Gasteiger partial charge in [0, 0.05) is 0 Å². The van der Waals surface area contributed by atoms with Crippen molar-refractivity contribution in [1.82, 2.24) is 0 Å². The van der Waals surface area contributed by atoms with E-state index in [-0.39, 0.29) is 133 Å². The maximum absolute atomic E-state index is 5.01. The van der Waals surface area contributed by atoms with E-state index in [9.17, 15) is 0 Å². The Balaban J connectivity index is -0.00000000800. The van der Waals surface area contributed by atoms with E-state index in [4.69, 9.17) is 37.7 Å². The van der Waals surface area contributed by atoms with Crippen LogP contribution in [-0.4, -0.2) is 5.48 Å². The molecule has 0 radical (unpaired) electrons. The van der Waals surface area contributed by atoms with Gasteiger partial charge in [-0.3, -0.25) is 0 Å². The van der Waals surface area contributed by atoms with Gasteiger partial charge in [0.05, 0.1) is 0 Å². The summed E-state index contributed by atoms with van der Waals surface area (Å²) in [5.41, 5.74) is 0. The van der Waals surface area contributed by atoms with Crippen LogP contribution in [0.15, 0.2) is 0 Å². The van der Waals surface area contributed by atoms with Gasteiger partial charge in [0.25, 0.3) is 0 Å². The summed E-state index contributed by atoms with van der Waals surface area (Å²) in [4.78, 5) is 0. The molecule has 2 N–H and O–H groups in total. The predicted octanol–water partition coefficient (Wildman–Crippen LogP) is -10.1. The van der Waals surface area contributed by atoms with Crippen LogP contribution in [0.25, 0.3) is 0 Å². The molecule has 0 saturated carbocycles. The van der Waals surface area contributed by atoms with Crippen LogP contribution in [0.1, 0.15) is 0 Å². The van der Waals surface area contributed by atoms with Crippen molar-refractivity contribution in [2.24, 2.45) is 0 Å². The number of halogens is 6. The van der Waals surface area contributed by atoms with Crippen LogP contribution >= 0.6 is 37.7 Å². The zero-order chi connectivity index (χ0) is 4.50. The van der Waals surface area contributed by atoms with Crippen molar-refractivity contribution >= 4 is 37.7 Å². The van der Waals surface area contributed by atoms with Crippen molar-refractivity contribution in [3.8, 4) is 0 Å². The Morgan fingerprint density at radius 1 is 0.700 bits per heavy atom. The second kappa shape index (κ2) is 20.1. The molecule has 0 aromatic rings. The Morgan fingerprint density at radius 3 is 0.700 bits per heavy atom. The van der Waals surface area contributed by atoms with Gasteiger partial charge in [-0.1, -0.05) is 0 Å². The molecule has 10 heteroatoms. The summed E-state index contributed by atoms with van der Waals surface area (Å²) >= 11 is -3.06. The standard InChI is InChI=1S/6ClH.2K.H2O.Pt/h6*1H;;;1H2;/q;;;;;;2*+1;;+4/p-6. The molecule has 0 atom stereocenters. The first kappa shape index (κ1) is 36.1. The average Bonchev–Trinajstić information content (AvgIpc) is 0.722. The van der Waals surface area contributed by atoms with Crippen molar-refractivity contribution in [2.45, 2.75) is 0 Å². The zero-order valence-electron chi connectivity index (χ0n) is 5.08. The Kier molecular flexibility index (Phi) is 72.6. The molecular weight excluding hydrogens is 502 g/mol. The first-order chi connectivity index (χ1) is 2.00. The molecule has 0 heterocycles. The van der Waals surface area contributed by atoms with Crippen molar-refractivity contribution in [1.29, 1.82) is 0 Å². The largest absolute Gasteiger partial charge is 1.00 e. The number of hydrogen-bond acceptors (Lipinski definition) is 0. The summed E-state index contributed by atoms with van der Waals surface area (Å²) in [6.45, 7) is 0. The smallest absolute Gasteiger partial charge is 1.00 e. The normalized spacial score (nSPS) is 7.60. The molecule has 0 amide bonds. The van der Waals surface area contributed by atoms with Crippen LogP contribution in [0.2, 0.25) is 0 Å². The van der Waals surface area contributed by atoms with E-state index in [1.54, 1.807) is 0 Å². The van der Waals surface area contributed by atoms with Gasteiger partial charge in [-0.15, -0.1) is 0 Å². The summed E-state index contributed by atoms with van der Waals surface area (Å²) in [6.07, 6.45) is 0. The van der Waals surface area contributed by atoms with Crippen molar-refractivity contribution in [3.63, 3.8) is 0 Å². The molecule has 0 fully saturated rings. The fourth-order valence-electron chi connectivity index (χ4n) is 0. The molecule has 62 valence electrons. The van der Waals surface area contributed by atoms with Gasteiger partial charge in [0.1, 0.15) is 0 Å². The molecule has 10 heavy (non-hydrogen) atoms. The molecule has 1 nitrogen and oxygen atoms in total. The van der Waals surface area contributed by atoms with E-state index in [0.29, 0.717) is 0 Å². The minimum atomic E-state index is -3.06. The van der Waals surface area contributed by atoms with E-state index in [1.807, 2.05) is 0 Å². The Bertz CT molecular complexity index is 31.2. The van der Waals surface area contributed by atoms with E-state index < -0.39 is 11.9 Å². The van der Waals surface area contributed by atoms with Gasteiger partial charge in [-0.05, 0) is 0 Å². The predicted molar refractivity (Wildman–Crippen MR) is 27.0 cm³/mol. The van der Waals surface area contributed by atoms with E-state index in [2.05, 4.69) is 0 Å². The van der Waals surface area contributed by atoms with Gasteiger partial charge >= 0.3 is 152 Å². The van der Waals surface area contributed by atoms with Gasteiger partial charge in [-0.2, -0.15) is 0 Å². The summed E-state index contributed by atoms with van der Waals surface area (Å²) in [5.74, 6) is 0. The quantitative estimate of drug-likeness (QED) is 0.294. The third-order valence-corrected chi connectivity index (χ3v) is 0. The van der Waals surface area contributed by atoms with Crippen LogP contribution in [-0.2, 0) is 11.9 Å². The Labute approximate surface area is 177 Å². The van der Waals surface area contributed by atoms with Crippen molar-refractivity contribution in [2.75, 3.05) is 0 Å². The molecule has 0 unspecified atom stereocenters. The molecule has 0 aliphatic rings. The van der Waals surface area contributed by atoms with Crippen LogP contribution in [0.3, 0.4) is 0 Å². The molecule has 0 aromatic heterocycles. The number of rotatable bonds is 0. The fourth-order valence-corrected chi connectivity index (χ4v) is 0. The maximum atomic E-state index is 5.01. The molecule has 0 rings (SSSR count). The molecule has 0 saturated heterocycles. The summed E-state index contributed by atoms with van der Waals surface area (Å²) in [6, 6.07) is 0. The van der Waals surface area contributed by atoms with E-state index >= 15 is 0 Å². The van der Waals surface area contributed by atoms with Crippen molar-refractivity contribution in [3.05, 3.63) is 0 Å². The summed E-state index contributed by atoms with van der Waals surface area (Å²) in [7, 11) is 20.0. The molecule has 0 spiro atoms. The van der Waals surface area contributed by atoms with Crippen LogP contribution in [0.5, 0.6) is 0 Å². The Morgan fingerprint density at radius 2 is 0.700 bits per heavy atom. The minimum absolute atomic E-state index is 0. The third kappa shape index (κ3) is 68.3. The van der Waals surface area contributed by atoms with Crippen LogP contribution in [0.4, 0.5) is 0 Å².